The number of hydrogen-bond acceptors (Lipinski definition) is 3. The summed E-state index contributed by atoms with van der Waals surface area (Å²) in [5, 5.41) is 8.00. The first kappa shape index (κ1) is 20.8. The highest BCUT2D eigenvalue weighted by atomic mass is 35.5. The quantitative estimate of drug-likeness (QED) is 0.414. The van der Waals surface area contributed by atoms with Gasteiger partial charge in [-0.25, -0.2) is 0 Å². The number of carbonyl (C=O) groups excluding carboxylic acids is 1. The molecule has 1 saturated carbocycles. The van der Waals surface area contributed by atoms with Gasteiger partial charge in [0.1, 0.15) is 0 Å². The molecule has 0 radical (unpaired) electrons. The molecule has 1 aliphatic heterocycles. The molecule has 0 bridgehead atoms. The van der Waals surface area contributed by atoms with E-state index in [0.717, 1.165) is 25.1 Å². The van der Waals surface area contributed by atoms with E-state index < -0.39 is 0 Å². The summed E-state index contributed by atoms with van der Waals surface area (Å²) in [6.45, 7) is 8.60. The first-order valence-corrected chi connectivity index (χ1v) is 9.65. The zero-order chi connectivity index (χ0) is 18.0. The predicted octanol–water partition coefficient (Wildman–Crippen LogP) is 4.40. The lowest BCUT2D eigenvalue weighted by Gasteiger charge is -2.25. The Morgan fingerprint density at radius 1 is 1.31 bits per heavy atom. The molecule has 1 heterocycles. The first-order chi connectivity index (χ1) is 12.0. The van der Waals surface area contributed by atoms with E-state index in [4.69, 9.17) is 10.1 Å². The van der Waals surface area contributed by atoms with Gasteiger partial charge in [0, 0.05) is 24.1 Å². The molecule has 4 nitrogen and oxygen atoms in total. The molecule has 1 aliphatic carbocycles. The number of amides is 1. The third-order valence-corrected chi connectivity index (χ3v) is 6.02. The van der Waals surface area contributed by atoms with Gasteiger partial charge in [-0.3, -0.25) is 10.2 Å². The molecular weight excluding hydrogens is 348 g/mol. The average molecular weight is 379 g/mol. The van der Waals surface area contributed by atoms with Crippen LogP contribution in [-0.4, -0.2) is 36.4 Å². The largest absolute Gasteiger partial charge is 0.478 e. The molecule has 0 spiro atoms. The van der Waals surface area contributed by atoms with Gasteiger partial charge >= 0.3 is 0 Å². The minimum absolute atomic E-state index is 0. The molecule has 1 aromatic rings. The van der Waals surface area contributed by atoms with Gasteiger partial charge in [0.15, 0.2) is 0 Å². The highest BCUT2D eigenvalue weighted by Crippen LogP contribution is 2.63. The van der Waals surface area contributed by atoms with Gasteiger partial charge in [0.2, 0.25) is 11.8 Å². The van der Waals surface area contributed by atoms with Crippen LogP contribution >= 0.6 is 12.4 Å². The zero-order valence-corrected chi connectivity index (χ0v) is 16.9. The number of likely N-dealkylation sites (tertiary alicyclic amines) is 1. The van der Waals surface area contributed by atoms with E-state index in [0.29, 0.717) is 18.4 Å². The fourth-order valence-electron chi connectivity index (χ4n) is 4.40. The first-order valence-electron chi connectivity index (χ1n) is 9.65. The van der Waals surface area contributed by atoms with Gasteiger partial charge in [0.25, 0.3) is 0 Å². The van der Waals surface area contributed by atoms with Crippen molar-refractivity contribution in [2.75, 3.05) is 19.7 Å². The number of unbranched alkanes of at least 4 members (excludes halogenated alkanes) is 3. The van der Waals surface area contributed by atoms with Gasteiger partial charge in [0.05, 0.1) is 12.5 Å². The molecule has 3 rings (SSSR count). The van der Waals surface area contributed by atoms with Crippen LogP contribution in [0.5, 0.6) is 0 Å². The SMILES string of the molecule is CCCCCCN1CC2C(C1=O)C2(C)c1cccc(C(=N)OCC)c1.Cl. The lowest BCUT2D eigenvalue weighted by molar-refractivity contribution is -0.130. The number of carbonyl (C=O) groups is 1. The smallest absolute Gasteiger partial charge is 0.226 e. The number of hydrogen-bond donors (Lipinski definition) is 1. The fraction of sp³-hybridized carbons (Fsp3) is 0.619. The topological polar surface area (TPSA) is 53.4 Å². The van der Waals surface area contributed by atoms with Crippen LogP contribution < -0.4 is 0 Å². The minimum atomic E-state index is -0.0699. The van der Waals surface area contributed by atoms with Crippen LogP contribution in [0.15, 0.2) is 24.3 Å². The Balaban J connectivity index is 0.00000243. The van der Waals surface area contributed by atoms with E-state index in [-0.39, 0.29) is 29.6 Å². The number of nitrogens with zero attached hydrogens (tertiary/aromatic N) is 1. The van der Waals surface area contributed by atoms with E-state index >= 15 is 0 Å². The molecule has 0 aromatic heterocycles. The highest BCUT2D eigenvalue weighted by Gasteiger charge is 2.70. The third-order valence-electron chi connectivity index (χ3n) is 6.02. The Kier molecular flexibility index (Phi) is 6.73. The molecule has 144 valence electrons. The molecule has 5 heteroatoms. The second kappa shape index (κ2) is 8.43. The lowest BCUT2D eigenvalue weighted by atomic mass is 9.90. The normalized spacial score (nSPS) is 26.3. The van der Waals surface area contributed by atoms with E-state index in [9.17, 15) is 4.79 Å². The van der Waals surface area contributed by atoms with Crippen LogP contribution in [0, 0.1) is 17.2 Å². The van der Waals surface area contributed by atoms with Gasteiger partial charge in [-0.05, 0) is 37.0 Å². The van der Waals surface area contributed by atoms with Crippen molar-refractivity contribution in [3.63, 3.8) is 0 Å². The maximum atomic E-state index is 12.8. The zero-order valence-electron chi connectivity index (χ0n) is 16.1. The number of nitrogens with one attached hydrogen (secondary N) is 1. The van der Waals surface area contributed by atoms with Gasteiger partial charge in [-0.2, -0.15) is 0 Å². The number of halogens is 1. The van der Waals surface area contributed by atoms with Gasteiger partial charge in [-0.15, -0.1) is 12.4 Å². The Morgan fingerprint density at radius 2 is 2.08 bits per heavy atom. The molecule has 1 saturated heterocycles. The lowest BCUT2D eigenvalue weighted by Crippen LogP contribution is -2.34. The van der Waals surface area contributed by atoms with Crippen LogP contribution in [0.25, 0.3) is 0 Å². The number of piperidine rings is 1. The Hall–Kier alpha value is -1.55. The number of fused-ring (bicyclic) bond motifs is 1. The summed E-state index contributed by atoms with van der Waals surface area (Å²) in [5.41, 5.74) is 1.90. The monoisotopic (exact) mass is 378 g/mol. The van der Waals surface area contributed by atoms with Crippen molar-refractivity contribution in [2.24, 2.45) is 11.8 Å². The summed E-state index contributed by atoms with van der Waals surface area (Å²) in [6.07, 6.45) is 4.82. The van der Waals surface area contributed by atoms with Gasteiger partial charge in [-0.1, -0.05) is 45.2 Å². The minimum Gasteiger partial charge on any atom is -0.478 e. The van der Waals surface area contributed by atoms with E-state index in [1.165, 1.54) is 24.8 Å². The summed E-state index contributed by atoms with van der Waals surface area (Å²) in [6, 6.07) is 8.02. The second-order valence-electron chi connectivity index (χ2n) is 7.55. The maximum Gasteiger partial charge on any atom is 0.226 e. The van der Waals surface area contributed by atoms with E-state index in [1.54, 1.807) is 0 Å². The van der Waals surface area contributed by atoms with E-state index in [1.807, 2.05) is 25.1 Å². The van der Waals surface area contributed by atoms with Crippen LogP contribution in [0.2, 0.25) is 0 Å². The second-order valence-corrected chi connectivity index (χ2v) is 7.55. The molecule has 1 aromatic carbocycles. The Bertz CT molecular complexity index is 663. The molecule has 26 heavy (non-hydrogen) atoms. The van der Waals surface area contributed by atoms with Crippen LogP contribution in [0.3, 0.4) is 0 Å². The average Bonchev–Trinajstić information content (AvgIpc) is 3.06. The molecule has 2 fully saturated rings. The summed E-state index contributed by atoms with van der Waals surface area (Å²) in [5.74, 6) is 1.08. The number of rotatable bonds is 8. The molecule has 3 atom stereocenters. The summed E-state index contributed by atoms with van der Waals surface area (Å²) in [4.78, 5) is 14.8. The van der Waals surface area contributed by atoms with Crippen LogP contribution in [0.4, 0.5) is 0 Å². The maximum absolute atomic E-state index is 12.8. The van der Waals surface area contributed by atoms with Crippen molar-refractivity contribution in [1.29, 1.82) is 5.41 Å². The predicted molar refractivity (Wildman–Crippen MR) is 107 cm³/mol. The van der Waals surface area contributed by atoms with Crippen molar-refractivity contribution < 1.29 is 9.53 Å². The van der Waals surface area contributed by atoms with Crippen LogP contribution in [-0.2, 0) is 14.9 Å². The van der Waals surface area contributed by atoms with Crippen molar-refractivity contribution >= 4 is 24.2 Å². The number of benzene rings is 1. The summed E-state index contributed by atoms with van der Waals surface area (Å²) < 4.78 is 5.32. The molecular formula is C21H31ClN2O2. The third kappa shape index (κ3) is 3.62. The molecule has 2 aliphatic rings. The highest BCUT2D eigenvalue weighted by molar-refractivity contribution is 5.92. The van der Waals surface area contributed by atoms with E-state index in [2.05, 4.69) is 24.8 Å². The fourth-order valence-corrected chi connectivity index (χ4v) is 4.40. The Morgan fingerprint density at radius 3 is 2.69 bits per heavy atom. The van der Waals surface area contributed by atoms with Crippen molar-refractivity contribution in [2.45, 2.75) is 51.9 Å². The summed E-state index contributed by atoms with van der Waals surface area (Å²) >= 11 is 0. The Labute approximate surface area is 163 Å². The van der Waals surface area contributed by atoms with Gasteiger partial charge < -0.3 is 9.64 Å². The summed E-state index contributed by atoms with van der Waals surface area (Å²) in [7, 11) is 0. The molecule has 1 N–H and O–H groups in total. The van der Waals surface area contributed by atoms with Crippen molar-refractivity contribution in [3.05, 3.63) is 35.4 Å². The van der Waals surface area contributed by atoms with Crippen molar-refractivity contribution in [1.82, 2.24) is 4.90 Å². The number of ether oxygens (including phenoxy) is 1. The molecule has 1 amide bonds. The molecule has 3 unspecified atom stereocenters. The standard InChI is InChI=1S/C21H30N2O2.ClH/c1-4-6-7-8-12-23-14-17-18(20(23)24)21(17,3)16-11-9-10-15(13-16)19(22)25-5-2;/h9-11,13,17-18,22H,4-8,12,14H2,1-3H3;1H. The van der Waals surface area contributed by atoms with Crippen molar-refractivity contribution in [3.8, 4) is 0 Å². The van der Waals surface area contributed by atoms with Crippen LogP contribution in [0.1, 0.15) is 57.6 Å².